The molecule has 1 rings (SSSR count). The van der Waals surface area contributed by atoms with Crippen LogP contribution >= 0.6 is 0 Å². The lowest BCUT2D eigenvalue weighted by atomic mass is 10.0. The summed E-state index contributed by atoms with van der Waals surface area (Å²) in [6.45, 7) is 3.36. The summed E-state index contributed by atoms with van der Waals surface area (Å²) in [6.07, 6.45) is 5.69. The van der Waals surface area contributed by atoms with Crippen molar-refractivity contribution in [2.24, 2.45) is 11.7 Å². The molecule has 1 aromatic rings. The van der Waals surface area contributed by atoms with Gasteiger partial charge in [0.05, 0.1) is 12.5 Å². The molecule has 0 aliphatic carbocycles. The van der Waals surface area contributed by atoms with Crippen LogP contribution < -0.4 is 11.1 Å². The second kappa shape index (κ2) is 7.06. The number of hydrogen-bond donors (Lipinski definition) is 2. The maximum atomic E-state index is 11.5. The van der Waals surface area contributed by atoms with Gasteiger partial charge in [0.15, 0.2) is 0 Å². The Morgan fingerprint density at radius 2 is 2.38 bits per heavy atom. The molecule has 0 aliphatic heterocycles. The third-order valence-electron chi connectivity index (χ3n) is 2.59. The van der Waals surface area contributed by atoms with Gasteiger partial charge in [-0.15, -0.1) is 0 Å². The third kappa shape index (κ3) is 4.98. The van der Waals surface area contributed by atoms with Crippen LogP contribution in [0.1, 0.15) is 31.7 Å². The number of carbonyl (C=O) groups excluding carboxylic acids is 1. The van der Waals surface area contributed by atoms with Gasteiger partial charge in [-0.1, -0.05) is 6.92 Å². The Hall–Kier alpha value is -1.29. The van der Waals surface area contributed by atoms with Crippen molar-refractivity contribution in [3.8, 4) is 0 Å². The van der Waals surface area contributed by atoms with E-state index in [2.05, 4.69) is 12.2 Å². The maximum absolute atomic E-state index is 11.5. The van der Waals surface area contributed by atoms with Gasteiger partial charge in [-0.2, -0.15) is 0 Å². The van der Waals surface area contributed by atoms with E-state index in [0.29, 0.717) is 25.4 Å². The average Bonchev–Trinajstić information content (AvgIpc) is 2.77. The monoisotopic (exact) mass is 224 g/mol. The first-order valence-electron chi connectivity index (χ1n) is 5.70. The van der Waals surface area contributed by atoms with E-state index >= 15 is 0 Å². The van der Waals surface area contributed by atoms with Crippen LogP contribution in [0.3, 0.4) is 0 Å². The summed E-state index contributed by atoms with van der Waals surface area (Å²) in [5, 5.41) is 2.85. The molecule has 3 N–H and O–H groups in total. The predicted octanol–water partition coefficient (Wildman–Crippen LogP) is 1.66. The zero-order valence-corrected chi connectivity index (χ0v) is 9.74. The number of furan rings is 1. The molecule has 0 aromatic carbocycles. The normalized spacial score (nSPS) is 12.4. The number of amides is 1. The fourth-order valence-corrected chi connectivity index (χ4v) is 1.49. The average molecular weight is 224 g/mol. The lowest BCUT2D eigenvalue weighted by Crippen LogP contribution is -2.23. The van der Waals surface area contributed by atoms with E-state index in [4.69, 9.17) is 10.2 Å². The van der Waals surface area contributed by atoms with E-state index < -0.39 is 0 Å². The van der Waals surface area contributed by atoms with Crippen molar-refractivity contribution in [1.29, 1.82) is 0 Å². The topological polar surface area (TPSA) is 68.3 Å². The number of carbonyl (C=O) groups is 1. The van der Waals surface area contributed by atoms with Gasteiger partial charge >= 0.3 is 0 Å². The van der Waals surface area contributed by atoms with Gasteiger partial charge in [0.2, 0.25) is 5.91 Å². The highest BCUT2D eigenvalue weighted by atomic mass is 16.3. The molecule has 1 unspecified atom stereocenters. The van der Waals surface area contributed by atoms with E-state index in [0.717, 1.165) is 18.4 Å². The molecular formula is C12H20N2O2. The summed E-state index contributed by atoms with van der Waals surface area (Å²) >= 11 is 0. The van der Waals surface area contributed by atoms with E-state index in [1.54, 1.807) is 12.5 Å². The van der Waals surface area contributed by atoms with Crippen LogP contribution in [-0.4, -0.2) is 12.5 Å². The van der Waals surface area contributed by atoms with Gasteiger partial charge in [-0.25, -0.2) is 0 Å². The van der Waals surface area contributed by atoms with Crippen molar-refractivity contribution in [2.75, 3.05) is 6.54 Å². The SMILES string of the molecule is CC(CCN)CCC(=O)NCc1ccoc1. The number of rotatable bonds is 7. The smallest absolute Gasteiger partial charge is 0.220 e. The minimum atomic E-state index is 0.0880. The second-order valence-electron chi connectivity index (χ2n) is 4.13. The fraction of sp³-hybridized carbons (Fsp3) is 0.583. The van der Waals surface area contributed by atoms with E-state index in [1.165, 1.54) is 0 Å². The third-order valence-corrected chi connectivity index (χ3v) is 2.59. The summed E-state index contributed by atoms with van der Waals surface area (Å²) in [5.41, 5.74) is 6.44. The van der Waals surface area contributed by atoms with Gasteiger partial charge in [-0.3, -0.25) is 4.79 Å². The molecule has 90 valence electrons. The van der Waals surface area contributed by atoms with Gasteiger partial charge in [0.25, 0.3) is 0 Å². The highest BCUT2D eigenvalue weighted by molar-refractivity contribution is 5.75. The molecule has 0 spiro atoms. The van der Waals surface area contributed by atoms with Crippen molar-refractivity contribution >= 4 is 5.91 Å². The van der Waals surface area contributed by atoms with E-state index in [-0.39, 0.29) is 5.91 Å². The Bertz CT molecular complexity index is 296. The molecule has 0 radical (unpaired) electrons. The lowest BCUT2D eigenvalue weighted by molar-refractivity contribution is -0.121. The largest absolute Gasteiger partial charge is 0.472 e. The quantitative estimate of drug-likeness (QED) is 0.740. The van der Waals surface area contributed by atoms with Crippen molar-refractivity contribution in [1.82, 2.24) is 5.32 Å². The maximum Gasteiger partial charge on any atom is 0.220 e. The van der Waals surface area contributed by atoms with Gasteiger partial charge in [-0.05, 0) is 31.4 Å². The lowest BCUT2D eigenvalue weighted by Gasteiger charge is -2.09. The summed E-state index contributed by atoms with van der Waals surface area (Å²) < 4.78 is 4.91. The summed E-state index contributed by atoms with van der Waals surface area (Å²) in [4.78, 5) is 11.5. The minimum absolute atomic E-state index is 0.0880. The highest BCUT2D eigenvalue weighted by Gasteiger charge is 2.06. The fourth-order valence-electron chi connectivity index (χ4n) is 1.49. The van der Waals surface area contributed by atoms with Crippen LogP contribution in [0.5, 0.6) is 0 Å². The minimum Gasteiger partial charge on any atom is -0.472 e. The molecule has 0 saturated carbocycles. The Labute approximate surface area is 96.2 Å². The Morgan fingerprint density at radius 1 is 1.56 bits per heavy atom. The Kier molecular flexibility index (Phi) is 5.64. The second-order valence-corrected chi connectivity index (χ2v) is 4.13. The van der Waals surface area contributed by atoms with Crippen molar-refractivity contribution in [3.05, 3.63) is 24.2 Å². The zero-order valence-electron chi connectivity index (χ0n) is 9.74. The summed E-state index contributed by atoms with van der Waals surface area (Å²) in [7, 11) is 0. The standard InChI is InChI=1S/C12H20N2O2/c1-10(4-6-13)2-3-12(15)14-8-11-5-7-16-9-11/h5,7,9-10H,2-4,6,8,13H2,1H3,(H,14,15). The number of nitrogens with two attached hydrogens (primary N) is 1. The van der Waals surface area contributed by atoms with Crippen LogP contribution in [0.25, 0.3) is 0 Å². The molecular weight excluding hydrogens is 204 g/mol. The predicted molar refractivity (Wildman–Crippen MR) is 62.6 cm³/mol. The van der Waals surface area contributed by atoms with Crippen LogP contribution in [0.4, 0.5) is 0 Å². The molecule has 0 bridgehead atoms. The molecule has 4 heteroatoms. The van der Waals surface area contributed by atoms with Gasteiger partial charge in [0, 0.05) is 18.5 Å². The van der Waals surface area contributed by atoms with E-state index in [9.17, 15) is 4.79 Å². The van der Waals surface area contributed by atoms with Gasteiger partial charge < -0.3 is 15.5 Å². The Morgan fingerprint density at radius 3 is 3.00 bits per heavy atom. The van der Waals surface area contributed by atoms with Crippen molar-refractivity contribution in [2.45, 2.75) is 32.7 Å². The van der Waals surface area contributed by atoms with Gasteiger partial charge in [0.1, 0.15) is 0 Å². The molecule has 0 fully saturated rings. The summed E-state index contributed by atoms with van der Waals surface area (Å²) in [5.74, 6) is 0.606. The molecule has 1 aromatic heterocycles. The highest BCUT2D eigenvalue weighted by Crippen LogP contribution is 2.08. The zero-order chi connectivity index (χ0) is 11.8. The summed E-state index contributed by atoms with van der Waals surface area (Å²) in [6, 6.07) is 1.84. The molecule has 1 heterocycles. The first kappa shape index (κ1) is 12.8. The Balaban J connectivity index is 2.11. The van der Waals surface area contributed by atoms with Crippen molar-refractivity contribution in [3.63, 3.8) is 0 Å². The number of nitrogens with one attached hydrogen (secondary N) is 1. The van der Waals surface area contributed by atoms with E-state index in [1.807, 2.05) is 6.07 Å². The van der Waals surface area contributed by atoms with Crippen LogP contribution in [-0.2, 0) is 11.3 Å². The molecule has 1 atom stereocenters. The van der Waals surface area contributed by atoms with Crippen LogP contribution in [0, 0.1) is 5.92 Å². The van der Waals surface area contributed by atoms with Crippen molar-refractivity contribution < 1.29 is 9.21 Å². The molecule has 4 nitrogen and oxygen atoms in total. The van der Waals surface area contributed by atoms with Crippen LogP contribution in [0.15, 0.2) is 23.0 Å². The first-order chi connectivity index (χ1) is 7.72. The molecule has 1 amide bonds. The molecule has 16 heavy (non-hydrogen) atoms. The molecule has 0 aliphatic rings. The number of hydrogen-bond acceptors (Lipinski definition) is 3. The first-order valence-corrected chi connectivity index (χ1v) is 5.70. The van der Waals surface area contributed by atoms with Crippen LogP contribution in [0.2, 0.25) is 0 Å². The molecule has 0 saturated heterocycles.